The number of hydrogen-bond donors (Lipinski definition) is 0. The molecule has 1 saturated heterocycles. The van der Waals surface area contributed by atoms with Crippen molar-refractivity contribution >= 4 is 48.1 Å². The minimum Gasteiger partial charge on any atom is -0.455 e. The van der Waals surface area contributed by atoms with Crippen LogP contribution in [-0.2, 0) is 17.8 Å². The molecule has 0 unspecified atom stereocenters. The molecule has 0 aromatic heterocycles. The number of ether oxygens (including phenoxy) is 1. The van der Waals surface area contributed by atoms with E-state index >= 15 is 0 Å². The Bertz CT molecular complexity index is 1210. The summed E-state index contributed by atoms with van der Waals surface area (Å²) in [6, 6.07) is 22.0. The molecule has 0 spiro atoms. The van der Waals surface area contributed by atoms with E-state index in [-0.39, 0.29) is 36.4 Å². The van der Waals surface area contributed by atoms with E-state index in [9.17, 15) is 9.59 Å². The minimum absolute atomic E-state index is 0. The van der Waals surface area contributed by atoms with Gasteiger partial charge in [0.25, 0.3) is 0 Å². The topological polar surface area (TPSA) is 49.9 Å². The summed E-state index contributed by atoms with van der Waals surface area (Å²) in [6.45, 7) is 6.83. The summed E-state index contributed by atoms with van der Waals surface area (Å²) >= 11 is 1.59. The number of fused-ring (bicyclic) bond motifs is 2. The van der Waals surface area contributed by atoms with Crippen LogP contribution in [0.25, 0.3) is 0 Å². The van der Waals surface area contributed by atoms with Crippen LogP contribution in [0.3, 0.4) is 0 Å². The third kappa shape index (κ3) is 6.90. The molecule has 5 rings (SSSR count). The van der Waals surface area contributed by atoms with Crippen LogP contribution in [0.5, 0.6) is 11.5 Å². The summed E-state index contributed by atoms with van der Waals surface area (Å²) in [5.41, 5.74) is 3.00. The molecule has 3 aromatic rings. The summed E-state index contributed by atoms with van der Waals surface area (Å²) < 4.78 is 6.02. The average molecular weight is 546 g/mol. The minimum atomic E-state index is 0. The molecule has 8 heteroatoms. The highest BCUT2D eigenvalue weighted by molar-refractivity contribution is 7.99. The number of carbonyl (C=O) groups excluding carboxylic acids is 2. The van der Waals surface area contributed by atoms with Gasteiger partial charge in [0.05, 0.1) is 16.3 Å². The van der Waals surface area contributed by atoms with Gasteiger partial charge in [-0.05, 0) is 48.4 Å². The molecule has 2 aliphatic rings. The van der Waals surface area contributed by atoms with Gasteiger partial charge in [0.15, 0.2) is 11.6 Å². The molecule has 3 aromatic carbocycles. The van der Waals surface area contributed by atoms with Gasteiger partial charge in [0, 0.05) is 44.7 Å². The van der Waals surface area contributed by atoms with Crippen LogP contribution in [-0.4, -0.2) is 54.1 Å². The zero-order chi connectivity index (χ0) is 23.5. The van der Waals surface area contributed by atoms with Gasteiger partial charge >= 0.3 is 0 Å². The lowest BCUT2D eigenvalue weighted by molar-refractivity contribution is -0.120. The summed E-state index contributed by atoms with van der Waals surface area (Å²) in [5, 5.41) is 0. The lowest BCUT2D eigenvalue weighted by atomic mass is 10.1. The Morgan fingerprint density at radius 2 is 1.44 bits per heavy atom. The Hall–Kier alpha value is -2.35. The van der Waals surface area contributed by atoms with Gasteiger partial charge in [0.2, 0.25) is 0 Å². The van der Waals surface area contributed by atoms with Crippen molar-refractivity contribution in [2.45, 2.75) is 29.7 Å². The average Bonchev–Trinajstić information content (AvgIpc) is 2.84. The van der Waals surface area contributed by atoms with E-state index < -0.39 is 0 Å². The van der Waals surface area contributed by atoms with Gasteiger partial charge < -0.3 is 4.74 Å². The van der Waals surface area contributed by atoms with Crippen LogP contribution in [0.4, 0.5) is 0 Å². The Labute approximate surface area is 229 Å². The first kappa shape index (κ1) is 28.2. The standard InChI is InChI=1S/C28H28N2O3S.2ClH/c1-20(31)23-8-10-26-28(17-23)34-27-16-22(7-9-25(27)33-26)15-24(32)19-30-13-11-29(12-14-30)18-21-5-3-2-4-6-21;;/h2-10,16-17H,11-15,18-19H2,1H3;2*1H. The largest absolute Gasteiger partial charge is 0.455 e. The number of nitrogens with zero attached hydrogens (tertiary/aromatic N) is 2. The SMILES string of the molecule is CC(=O)c1ccc2c(c1)Sc1cc(CC(=O)CN3CCN(Cc4ccccc4)CC3)ccc1O2.Cl.Cl. The molecule has 0 amide bonds. The van der Waals surface area contributed by atoms with E-state index in [0.717, 1.165) is 59.6 Å². The molecule has 0 radical (unpaired) electrons. The highest BCUT2D eigenvalue weighted by Crippen LogP contribution is 2.47. The van der Waals surface area contributed by atoms with Crippen LogP contribution in [0.2, 0.25) is 0 Å². The molecule has 0 saturated carbocycles. The number of halogens is 2. The van der Waals surface area contributed by atoms with Crippen molar-refractivity contribution in [2.24, 2.45) is 0 Å². The Morgan fingerprint density at radius 3 is 2.14 bits per heavy atom. The van der Waals surface area contributed by atoms with E-state index in [1.54, 1.807) is 24.8 Å². The van der Waals surface area contributed by atoms with Crippen molar-refractivity contribution in [3.8, 4) is 11.5 Å². The van der Waals surface area contributed by atoms with Crippen molar-refractivity contribution in [1.82, 2.24) is 9.80 Å². The fraction of sp³-hybridized carbons (Fsp3) is 0.286. The van der Waals surface area contributed by atoms with Crippen molar-refractivity contribution < 1.29 is 14.3 Å². The molecular formula is C28H30Cl2N2O3S. The zero-order valence-corrected chi connectivity index (χ0v) is 22.6. The van der Waals surface area contributed by atoms with Gasteiger partial charge in [-0.15, -0.1) is 24.8 Å². The predicted molar refractivity (Wildman–Crippen MR) is 148 cm³/mol. The third-order valence-electron chi connectivity index (χ3n) is 6.31. The maximum atomic E-state index is 12.8. The first-order valence-electron chi connectivity index (χ1n) is 11.7. The monoisotopic (exact) mass is 544 g/mol. The fourth-order valence-corrected chi connectivity index (χ4v) is 5.49. The summed E-state index contributed by atoms with van der Waals surface area (Å²) in [4.78, 5) is 31.2. The van der Waals surface area contributed by atoms with Gasteiger partial charge in [-0.3, -0.25) is 19.4 Å². The first-order chi connectivity index (χ1) is 16.5. The number of piperazine rings is 1. The number of hydrogen-bond acceptors (Lipinski definition) is 6. The maximum Gasteiger partial charge on any atom is 0.159 e. The second kappa shape index (κ2) is 12.7. The molecule has 2 heterocycles. The number of Topliss-reactive ketones (excluding diaryl/α,β-unsaturated/α-hetero) is 2. The van der Waals surface area contributed by atoms with E-state index in [1.807, 2.05) is 36.4 Å². The van der Waals surface area contributed by atoms with Crippen LogP contribution in [0, 0.1) is 0 Å². The summed E-state index contributed by atoms with van der Waals surface area (Å²) in [5.74, 6) is 1.82. The fourth-order valence-electron chi connectivity index (χ4n) is 4.43. The first-order valence-corrected chi connectivity index (χ1v) is 12.5. The Kier molecular flexibility index (Phi) is 10.00. The normalized spacial score (nSPS) is 14.9. The Morgan fingerprint density at radius 1 is 0.806 bits per heavy atom. The second-order valence-corrected chi connectivity index (χ2v) is 10.0. The number of benzene rings is 3. The maximum absolute atomic E-state index is 12.8. The number of carbonyl (C=O) groups is 2. The number of rotatable bonds is 7. The van der Waals surface area contributed by atoms with Gasteiger partial charge in [-0.25, -0.2) is 0 Å². The van der Waals surface area contributed by atoms with Gasteiger partial charge in [0.1, 0.15) is 11.5 Å². The number of ketones is 2. The van der Waals surface area contributed by atoms with Crippen molar-refractivity contribution in [3.63, 3.8) is 0 Å². The van der Waals surface area contributed by atoms with Crippen LogP contribution < -0.4 is 4.74 Å². The molecule has 5 nitrogen and oxygen atoms in total. The molecule has 190 valence electrons. The molecule has 0 atom stereocenters. The summed E-state index contributed by atoms with van der Waals surface area (Å²) in [7, 11) is 0. The predicted octanol–water partition coefficient (Wildman–Crippen LogP) is 5.92. The quantitative estimate of drug-likeness (QED) is 0.269. The Balaban J connectivity index is 0.00000180. The smallest absolute Gasteiger partial charge is 0.159 e. The van der Waals surface area contributed by atoms with Crippen molar-refractivity contribution in [1.29, 1.82) is 0 Å². The van der Waals surface area contributed by atoms with Crippen LogP contribution in [0.1, 0.15) is 28.4 Å². The third-order valence-corrected chi connectivity index (χ3v) is 7.39. The van der Waals surface area contributed by atoms with Crippen molar-refractivity contribution in [2.75, 3.05) is 32.7 Å². The molecule has 1 fully saturated rings. The van der Waals surface area contributed by atoms with Crippen LogP contribution >= 0.6 is 36.6 Å². The molecular weight excluding hydrogens is 515 g/mol. The summed E-state index contributed by atoms with van der Waals surface area (Å²) in [6.07, 6.45) is 0.415. The van der Waals surface area contributed by atoms with Crippen molar-refractivity contribution in [3.05, 3.63) is 83.4 Å². The van der Waals surface area contributed by atoms with E-state index in [1.165, 1.54) is 5.56 Å². The highest BCUT2D eigenvalue weighted by Gasteiger charge is 2.22. The lowest BCUT2D eigenvalue weighted by Gasteiger charge is -2.34. The molecule has 2 aliphatic heterocycles. The second-order valence-electron chi connectivity index (χ2n) is 8.96. The van der Waals surface area contributed by atoms with E-state index in [0.29, 0.717) is 18.5 Å². The molecule has 36 heavy (non-hydrogen) atoms. The zero-order valence-electron chi connectivity index (χ0n) is 20.1. The van der Waals surface area contributed by atoms with Gasteiger partial charge in [-0.2, -0.15) is 0 Å². The van der Waals surface area contributed by atoms with Gasteiger partial charge in [-0.1, -0.05) is 48.2 Å². The van der Waals surface area contributed by atoms with Crippen LogP contribution in [0.15, 0.2) is 76.5 Å². The molecule has 0 N–H and O–H groups in total. The lowest BCUT2D eigenvalue weighted by Crippen LogP contribution is -2.47. The molecule has 0 aliphatic carbocycles. The molecule has 0 bridgehead atoms. The highest BCUT2D eigenvalue weighted by atomic mass is 35.5. The van der Waals surface area contributed by atoms with E-state index in [4.69, 9.17) is 4.74 Å². The van der Waals surface area contributed by atoms with E-state index in [2.05, 4.69) is 34.1 Å².